The van der Waals surface area contributed by atoms with E-state index < -0.39 is 34.5 Å². The minimum atomic E-state index is -3.93. The molecule has 12 heteroatoms. The first-order chi connectivity index (χ1) is 16.3. The summed E-state index contributed by atoms with van der Waals surface area (Å²) in [6.45, 7) is 3.56. The van der Waals surface area contributed by atoms with Crippen molar-refractivity contribution in [2.24, 2.45) is 10.7 Å². The van der Waals surface area contributed by atoms with Gasteiger partial charge in [0.1, 0.15) is 5.56 Å². The highest BCUT2D eigenvalue weighted by molar-refractivity contribution is 7.89. The maximum Gasteiger partial charge on any atom is 0.349 e. The molecule has 2 aromatic carbocycles. The smallest absolute Gasteiger partial charge is 0.349 e. The second-order valence-electron chi connectivity index (χ2n) is 7.32. The van der Waals surface area contributed by atoms with E-state index in [0.29, 0.717) is 37.8 Å². The maximum atomic E-state index is 12.7. The number of ether oxygens (including phenoxy) is 2. The van der Waals surface area contributed by atoms with Gasteiger partial charge in [0, 0.05) is 6.54 Å². The predicted molar refractivity (Wildman–Crippen MR) is 126 cm³/mol. The average Bonchev–Trinajstić information content (AvgIpc) is 3.31. The minimum Gasteiger partial charge on any atom is -0.491 e. The lowest BCUT2D eigenvalue weighted by Crippen LogP contribution is -2.43. The molecule has 0 saturated heterocycles. The number of hydrogen-bond acceptors (Lipinski definition) is 10. The molecule has 0 amide bonds. The highest BCUT2D eigenvalue weighted by atomic mass is 32.2. The monoisotopic (exact) mass is 489 g/mol. The number of rotatable bonds is 10. The fourth-order valence-electron chi connectivity index (χ4n) is 3.05. The third-order valence-electron chi connectivity index (χ3n) is 4.57. The number of nitrogens with one attached hydrogen (secondary N) is 3. The largest absolute Gasteiger partial charge is 0.491 e. The predicted octanol–water partition coefficient (Wildman–Crippen LogP) is 1.18. The maximum absolute atomic E-state index is 12.7. The number of benzene rings is 2. The Bertz CT molecular complexity index is 1150. The number of aliphatic imine (C=N–C) groups is 1. The summed E-state index contributed by atoms with van der Waals surface area (Å²) < 4.78 is 37.6. The summed E-state index contributed by atoms with van der Waals surface area (Å²) in [7, 11) is -3.93. The molecule has 2 aromatic rings. The molecule has 34 heavy (non-hydrogen) atoms. The van der Waals surface area contributed by atoms with Crippen LogP contribution in [0.3, 0.4) is 0 Å². The Labute approximate surface area is 197 Å². The van der Waals surface area contributed by atoms with Gasteiger partial charge < -0.3 is 25.8 Å². The lowest BCUT2D eigenvalue weighted by atomic mass is 10.1. The summed E-state index contributed by atoms with van der Waals surface area (Å²) in [6.07, 6.45) is -1.15. The second kappa shape index (κ2) is 11.6. The number of carbonyl (C=O) groups is 2. The number of hydrogen-bond donors (Lipinski definition) is 4. The molecule has 0 fully saturated rings. The van der Waals surface area contributed by atoms with Crippen LogP contribution in [0.1, 0.15) is 30.1 Å². The van der Waals surface area contributed by atoms with E-state index in [9.17, 15) is 18.0 Å². The number of nitrogens with two attached hydrogens (primary N) is 1. The Morgan fingerprint density at radius 1 is 1.18 bits per heavy atom. The van der Waals surface area contributed by atoms with Crippen LogP contribution in [0.2, 0.25) is 0 Å². The molecule has 182 valence electrons. The van der Waals surface area contributed by atoms with Gasteiger partial charge in [-0.25, -0.2) is 13.2 Å². The average molecular weight is 490 g/mol. The Hall–Kier alpha value is -3.48. The van der Waals surface area contributed by atoms with Crippen molar-refractivity contribution in [2.75, 3.05) is 25.0 Å². The molecule has 0 spiro atoms. The van der Waals surface area contributed by atoms with Gasteiger partial charge >= 0.3 is 11.9 Å². The van der Waals surface area contributed by atoms with Crippen LogP contribution in [0.5, 0.6) is 5.75 Å². The first-order valence-electron chi connectivity index (χ1n) is 10.7. The SMILES string of the molecule is CCCOc1c(NC2=NCCN2)cccc1C(=O)OC(=O)C[C@@H](N)NS(=O)(=O)c1ccccc1. The van der Waals surface area contributed by atoms with E-state index in [1.165, 1.54) is 18.2 Å². The van der Waals surface area contributed by atoms with Crippen LogP contribution in [0.25, 0.3) is 0 Å². The lowest BCUT2D eigenvalue weighted by molar-refractivity contribution is -0.138. The standard InChI is InChI=1S/C22H27N5O6S/c1-2-13-32-20-16(9-6-10-17(20)26-22-24-11-12-25-22)21(29)33-19(28)14-18(23)27-34(30,31)15-7-4-3-5-8-15/h3-10,18,27H,2,11-14,23H2,1H3,(H2,24,25,26)/t18-/m0/s1. The van der Waals surface area contributed by atoms with Crippen LogP contribution in [0, 0.1) is 0 Å². The first-order valence-corrected chi connectivity index (χ1v) is 12.2. The van der Waals surface area contributed by atoms with Crippen LogP contribution in [-0.4, -0.2) is 52.2 Å². The molecule has 3 rings (SSSR count). The molecule has 0 radical (unpaired) electrons. The van der Waals surface area contributed by atoms with Crippen LogP contribution >= 0.6 is 0 Å². The van der Waals surface area contributed by atoms with Crippen LogP contribution < -0.4 is 25.8 Å². The first kappa shape index (κ1) is 25.1. The summed E-state index contributed by atoms with van der Waals surface area (Å²) in [5, 5.41) is 6.13. The molecule has 11 nitrogen and oxygen atoms in total. The van der Waals surface area contributed by atoms with E-state index in [1.54, 1.807) is 30.3 Å². The number of carbonyl (C=O) groups excluding carboxylic acids is 2. The number of sulfonamides is 1. The Kier molecular flexibility index (Phi) is 8.57. The number of para-hydroxylation sites is 1. The summed E-state index contributed by atoms with van der Waals surface area (Å²) in [6, 6.07) is 12.4. The van der Waals surface area contributed by atoms with Gasteiger partial charge in [0.15, 0.2) is 11.7 Å². The summed E-state index contributed by atoms with van der Waals surface area (Å²) >= 11 is 0. The zero-order valence-electron chi connectivity index (χ0n) is 18.6. The van der Waals surface area contributed by atoms with Gasteiger partial charge in [-0.15, -0.1) is 0 Å². The zero-order chi connectivity index (χ0) is 24.6. The van der Waals surface area contributed by atoms with Gasteiger partial charge in [-0.1, -0.05) is 31.2 Å². The summed E-state index contributed by atoms with van der Waals surface area (Å²) in [4.78, 5) is 29.3. The van der Waals surface area contributed by atoms with Gasteiger partial charge in [0.25, 0.3) is 0 Å². The molecule has 0 unspecified atom stereocenters. The van der Waals surface area contributed by atoms with E-state index in [-0.39, 0.29) is 16.2 Å². The van der Waals surface area contributed by atoms with Crippen molar-refractivity contribution in [3.63, 3.8) is 0 Å². The molecule has 0 saturated carbocycles. The van der Waals surface area contributed by atoms with E-state index in [0.717, 1.165) is 0 Å². The van der Waals surface area contributed by atoms with Crippen molar-refractivity contribution >= 4 is 33.6 Å². The third-order valence-corrected chi connectivity index (χ3v) is 6.07. The van der Waals surface area contributed by atoms with Gasteiger partial charge in [0.05, 0.1) is 36.3 Å². The fourth-order valence-corrected chi connectivity index (χ4v) is 4.19. The zero-order valence-corrected chi connectivity index (χ0v) is 19.4. The molecule has 1 aliphatic rings. The Morgan fingerprint density at radius 3 is 2.62 bits per heavy atom. The van der Waals surface area contributed by atoms with Gasteiger partial charge in [-0.2, -0.15) is 4.72 Å². The molecule has 1 atom stereocenters. The van der Waals surface area contributed by atoms with E-state index in [2.05, 4.69) is 20.3 Å². The molecule has 0 bridgehead atoms. The van der Waals surface area contributed by atoms with Crippen LogP contribution in [0.4, 0.5) is 5.69 Å². The van der Waals surface area contributed by atoms with Crippen molar-refractivity contribution in [1.82, 2.24) is 10.0 Å². The quantitative estimate of drug-likeness (QED) is 0.218. The summed E-state index contributed by atoms with van der Waals surface area (Å²) in [5.41, 5.74) is 6.28. The van der Waals surface area contributed by atoms with Crippen molar-refractivity contribution in [3.05, 3.63) is 54.1 Å². The van der Waals surface area contributed by atoms with Crippen molar-refractivity contribution in [2.45, 2.75) is 30.8 Å². The normalized spacial score (nSPS) is 14.0. The fraction of sp³-hybridized carbons (Fsp3) is 0.318. The third kappa shape index (κ3) is 6.76. The van der Waals surface area contributed by atoms with Gasteiger partial charge in [-0.3, -0.25) is 9.79 Å². The molecule has 1 aliphatic heterocycles. The number of guanidine groups is 1. The number of nitrogens with zero attached hydrogens (tertiary/aromatic N) is 1. The molecular formula is C22H27N5O6S. The number of esters is 2. The Balaban J connectivity index is 1.67. The lowest BCUT2D eigenvalue weighted by Gasteiger charge is -2.17. The highest BCUT2D eigenvalue weighted by Gasteiger charge is 2.24. The highest BCUT2D eigenvalue weighted by Crippen LogP contribution is 2.30. The van der Waals surface area contributed by atoms with E-state index >= 15 is 0 Å². The van der Waals surface area contributed by atoms with Crippen molar-refractivity contribution in [1.29, 1.82) is 0 Å². The van der Waals surface area contributed by atoms with Crippen LogP contribution in [-0.2, 0) is 19.6 Å². The number of anilines is 1. The van der Waals surface area contributed by atoms with Gasteiger partial charge in [-0.05, 0) is 30.7 Å². The van der Waals surface area contributed by atoms with Crippen molar-refractivity contribution < 1.29 is 27.5 Å². The molecule has 1 heterocycles. The molecule has 0 aliphatic carbocycles. The molecule has 5 N–H and O–H groups in total. The van der Waals surface area contributed by atoms with E-state index in [4.69, 9.17) is 15.2 Å². The summed E-state index contributed by atoms with van der Waals surface area (Å²) in [5.74, 6) is -1.18. The molecule has 0 aromatic heterocycles. The van der Waals surface area contributed by atoms with Gasteiger partial charge in [0.2, 0.25) is 10.0 Å². The molecular weight excluding hydrogens is 462 g/mol. The second-order valence-corrected chi connectivity index (χ2v) is 9.03. The van der Waals surface area contributed by atoms with Crippen molar-refractivity contribution in [3.8, 4) is 5.75 Å². The Morgan fingerprint density at radius 2 is 1.94 bits per heavy atom. The topological polar surface area (TPSA) is 161 Å². The van der Waals surface area contributed by atoms with E-state index in [1.807, 2.05) is 6.92 Å². The van der Waals surface area contributed by atoms with Crippen LogP contribution in [0.15, 0.2) is 58.4 Å². The minimum absolute atomic E-state index is 0.00159.